The zero-order valence-electron chi connectivity index (χ0n) is 10.8. The lowest BCUT2D eigenvalue weighted by atomic mass is 9.86. The van der Waals surface area contributed by atoms with E-state index < -0.39 is 12.1 Å². The molecular formula is C11H18F3NO4. The van der Waals surface area contributed by atoms with Crippen molar-refractivity contribution in [1.82, 2.24) is 5.32 Å². The Bertz CT molecular complexity index is 307. The van der Waals surface area contributed by atoms with Gasteiger partial charge >= 0.3 is 18.1 Å². The molecule has 0 aromatic rings. The summed E-state index contributed by atoms with van der Waals surface area (Å²) in [5, 5.41) is 10.3. The summed E-state index contributed by atoms with van der Waals surface area (Å²) in [6, 6.07) is 0.503. The summed E-state index contributed by atoms with van der Waals surface area (Å²) in [7, 11) is 3.41. The van der Waals surface area contributed by atoms with E-state index in [1.807, 2.05) is 7.05 Å². The highest BCUT2D eigenvalue weighted by atomic mass is 19.4. The third-order valence-electron chi connectivity index (χ3n) is 2.86. The molecule has 0 aromatic heterocycles. The molecule has 0 unspecified atom stereocenters. The van der Waals surface area contributed by atoms with Crippen molar-refractivity contribution in [2.24, 2.45) is 5.92 Å². The van der Waals surface area contributed by atoms with Crippen molar-refractivity contribution in [3.8, 4) is 0 Å². The maximum absolute atomic E-state index is 11.2. The average molecular weight is 285 g/mol. The first-order valence-corrected chi connectivity index (χ1v) is 5.77. The number of carbonyl (C=O) groups excluding carboxylic acids is 1. The van der Waals surface area contributed by atoms with Crippen molar-refractivity contribution in [2.75, 3.05) is 14.2 Å². The highest BCUT2D eigenvalue weighted by molar-refractivity contribution is 5.73. The molecule has 5 nitrogen and oxygen atoms in total. The molecule has 112 valence electrons. The number of methoxy groups -OCH3 is 1. The zero-order chi connectivity index (χ0) is 15.1. The molecule has 2 N–H and O–H groups in total. The second-order valence-corrected chi connectivity index (χ2v) is 4.18. The van der Waals surface area contributed by atoms with Gasteiger partial charge in [0, 0.05) is 6.04 Å². The number of carboxylic acid groups (broad SMARTS) is 1. The van der Waals surface area contributed by atoms with E-state index in [1.54, 1.807) is 0 Å². The van der Waals surface area contributed by atoms with Gasteiger partial charge in [-0.1, -0.05) is 6.42 Å². The van der Waals surface area contributed by atoms with Crippen LogP contribution in [0.25, 0.3) is 0 Å². The Morgan fingerprint density at radius 1 is 1.32 bits per heavy atom. The number of hydrogen-bond donors (Lipinski definition) is 2. The van der Waals surface area contributed by atoms with Crippen LogP contribution in [0.2, 0.25) is 0 Å². The molecular weight excluding hydrogens is 267 g/mol. The van der Waals surface area contributed by atoms with Crippen molar-refractivity contribution < 1.29 is 32.6 Å². The molecule has 0 heterocycles. The van der Waals surface area contributed by atoms with E-state index in [2.05, 4.69) is 5.32 Å². The summed E-state index contributed by atoms with van der Waals surface area (Å²) in [6.45, 7) is 0. The molecule has 1 fully saturated rings. The molecule has 8 heteroatoms. The predicted molar refractivity (Wildman–Crippen MR) is 60.5 cm³/mol. The minimum absolute atomic E-state index is 0.0463. The maximum atomic E-state index is 11.2. The highest BCUT2D eigenvalue weighted by Gasteiger charge is 2.38. The van der Waals surface area contributed by atoms with Gasteiger partial charge in [-0.3, -0.25) is 4.79 Å². The topological polar surface area (TPSA) is 75.6 Å². The molecule has 1 aliphatic rings. The Balaban J connectivity index is 0.000000399. The Hall–Kier alpha value is -1.31. The molecule has 0 aromatic carbocycles. The fourth-order valence-corrected chi connectivity index (χ4v) is 1.83. The van der Waals surface area contributed by atoms with Crippen LogP contribution >= 0.6 is 0 Å². The van der Waals surface area contributed by atoms with Crippen molar-refractivity contribution in [1.29, 1.82) is 0 Å². The lowest BCUT2D eigenvalue weighted by Crippen LogP contribution is -2.34. The van der Waals surface area contributed by atoms with E-state index in [0.29, 0.717) is 6.04 Å². The van der Waals surface area contributed by atoms with E-state index >= 15 is 0 Å². The molecule has 0 bridgehead atoms. The van der Waals surface area contributed by atoms with Crippen molar-refractivity contribution in [3.63, 3.8) is 0 Å². The summed E-state index contributed by atoms with van der Waals surface area (Å²) in [4.78, 5) is 20.1. The quantitative estimate of drug-likeness (QED) is 0.753. The first-order chi connectivity index (χ1) is 8.72. The Kier molecular flexibility index (Phi) is 7.43. The molecule has 0 radical (unpaired) electrons. The van der Waals surface area contributed by atoms with Crippen LogP contribution in [-0.2, 0) is 14.3 Å². The van der Waals surface area contributed by atoms with E-state index in [4.69, 9.17) is 14.6 Å². The Morgan fingerprint density at radius 3 is 2.21 bits per heavy atom. The normalized spacial score (nSPS) is 23.0. The lowest BCUT2D eigenvalue weighted by Gasteiger charge is -2.26. The smallest absolute Gasteiger partial charge is 0.475 e. The largest absolute Gasteiger partial charge is 0.490 e. The van der Waals surface area contributed by atoms with Crippen LogP contribution in [0.4, 0.5) is 13.2 Å². The van der Waals surface area contributed by atoms with Crippen molar-refractivity contribution in [2.45, 2.75) is 37.9 Å². The molecule has 0 amide bonds. The number of esters is 1. The lowest BCUT2D eigenvalue weighted by molar-refractivity contribution is -0.192. The number of aliphatic carboxylic acids is 1. The Labute approximate surface area is 109 Å². The molecule has 0 saturated heterocycles. The molecule has 1 aliphatic carbocycles. The highest BCUT2D eigenvalue weighted by Crippen LogP contribution is 2.24. The summed E-state index contributed by atoms with van der Waals surface area (Å²) in [5.74, 6) is -2.68. The summed E-state index contributed by atoms with van der Waals surface area (Å²) in [5.41, 5.74) is 0. The first-order valence-electron chi connectivity index (χ1n) is 5.77. The maximum Gasteiger partial charge on any atom is 0.490 e. The van der Waals surface area contributed by atoms with Crippen molar-refractivity contribution in [3.05, 3.63) is 0 Å². The van der Waals surface area contributed by atoms with Crippen LogP contribution in [-0.4, -0.2) is 43.4 Å². The predicted octanol–water partition coefficient (Wildman–Crippen LogP) is 1.57. The molecule has 2 atom stereocenters. The van der Waals surface area contributed by atoms with E-state index in [1.165, 1.54) is 13.5 Å². The third-order valence-corrected chi connectivity index (χ3v) is 2.86. The molecule has 1 saturated carbocycles. The molecule has 0 aliphatic heterocycles. The molecule has 0 spiro atoms. The zero-order valence-corrected chi connectivity index (χ0v) is 10.8. The van der Waals surface area contributed by atoms with Gasteiger partial charge in [0.1, 0.15) is 0 Å². The number of nitrogens with one attached hydrogen (secondary N) is 1. The van der Waals surface area contributed by atoms with E-state index in [0.717, 1.165) is 19.3 Å². The summed E-state index contributed by atoms with van der Waals surface area (Å²) in [6.07, 6.45) is -0.844. The SMILES string of the molecule is CN[C@H]1CCC[C@@H](C(=O)OC)C1.O=C(O)C(F)(F)F. The monoisotopic (exact) mass is 285 g/mol. The standard InChI is InChI=1S/C9H17NO2.C2HF3O2/c1-10-8-5-3-4-7(6-8)9(11)12-2;3-2(4,5)1(6)7/h7-8,10H,3-6H2,1-2H3;(H,6,7)/t7-,8+;/m1./s1. The van der Waals surface area contributed by atoms with Gasteiger partial charge in [-0.25, -0.2) is 4.79 Å². The second-order valence-electron chi connectivity index (χ2n) is 4.18. The minimum atomic E-state index is -5.08. The van der Waals surface area contributed by atoms with E-state index in [9.17, 15) is 18.0 Å². The summed E-state index contributed by atoms with van der Waals surface area (Å²) < 4.78 is 36.5. The fourth-order valence-electron chi connectivity index (χ4n) is 1.83. The number of ether oxygens (including phenoxy) is 1. The van der Waals surface area contributed by atoms with Gasteiger partial charge in [0.15, 0.2) is 0 Å². The van der Waals surface area contributed by atoms with E-state index in [-0.39, 0.29) is 11.9 Å². The average Bonchev–Trinajstić information content (AvgIpc) is 2.37. The van der Waals surface area contributed by atoms with Crippen LogP contribution in [0, 0.1) is 5.92 Å². The molecule has 19 heavy (non-hydrogen) atoms. The first kappa shape index (κ1) is 17.7. The second kappa shape index (κ2) is 7.98. The molecule has 1 rings (SSSR count). The third kappa shape index (κ3) is 7.00. The number of alkyl halides is 3. The number of carboxylic acids is 1. The van der Waals surface area contributed by atoms with Crippen molar-refractivity contribution >= 4 is 11.9 Å². The minimum Gasteiger partial charge on any atom is -0.475 e. The number of hydrogen-bond acceptors (Lipinski definition) is 4. The van der Waals surface area contributed by atoms with Crippen LogP contribution < -0.4 is 5.32 Å². The van der Waals surface area contributed by atoms with Gasteiger partial charge in [-0.2, -0.15) is 13.2 Å². The fraction of sp³-hybridized carbons (Fsp3) is 0.818. The van der Waals surface area contributed by atoms with Gasteiger partial charge in [0.2, 0.25) is 0 Å². The van der Waals surface area contributed by atoms with Gasteiger partial charge < -0.3 is 15.2 Å². The Morgan fingerprint density at radius 2 is 1.84 bits per heavy atom. The number of rotatable bonds is 2. The number of carbonyl (C=O) groups is 2. The van der Waals surface area contributed by atoms with Gasteiger partial charge in [-0.05, 0) is 26.3 Å². The van der Waals surface area contributed by atoms with Crippen LogP contribution in [0.5, 0.6) is 0 Å². The number of halogens is 3. The van der Waals surface area contributed by atoms with Crippen LogP contribution in [0.1, 0.15) is 25.7 Å². The van der Waals surface area contributed by atoms with Crippen LogP contribution in [0.15, 0.2) is 0 Å². The van der Waals surface area contributed by atoms with Crippen LogP contribution in [0.3, 0.4) is 0 Å². The van der Waals surface area contributed by atoms with Gasteiger partial charge in [-0.15, -0.1) is 0 Å². The summed E-state index contributed by atoms with van der Waals surface area (Å²) >= 11 is 0. The van der Waals surface area contributed by atoms with Gasteiger partial charge in [0.25, 0.3) is 0 Å². The van der Waals surface area contributed by atoms with Gasteiger partial charge in [0.05, 0.1) is 13.0 Å².